The molecule has 12 nitrogen and oxygen atoms in total. The molecule has 226 valence electrons. The maximum Gasteiger partial charge on any atom is 0.167 e. The van der Waals surface area contributed by atoms with Crippen LogP contribution in [0.5, 0.6) is 5.75 Å². The number of fused-ring (bicyclic) bond motifs is 2. The number of benzene rings is 1. The average Bonchev–Trinajstić information content (AvgIpc) is 3.59. The van der Waals surface area contributed by atoms with Crippen molar-refractivity contribution in [3.63, 3.8) is 0 Å². The minimum atomic E-state index is -1.13. The van der Waals surface area contributed by atoms with E-state index in [1.807, 2.05) is 6.07 Å². The number of anilines is 1. The number of aromatic hydroxyl groups is 1. The molecular formula is C30H42N8O4. The fourth-order valence-electron chi connectivity index (χ4n) is 6.40. The summed E-state index contributed by atoms with van der Waals surface area (Å²) in [6.07, 6.45) is 3.23. The second-order valence-electron chi connectivity index (χ2n) is 13.3. The predicted octanol–water partition coefficient (Wildman–Crippen LogP) is 3.03. The molecule has 0 radical (unpaired) electrons. The Hall–Kier alpha value is -3.32. The topological polar surface area (TPSA) is 171 Å². The molecule has 1 saturated carbocycles. The van der Waals surface area contributed by atoms with Crippen molar-refractivity contribution in [3.05, 3.63) is 36.2 Å². The van der Waals surface area contributed by atoms with E-state index in [-0.39, 0.29) is 23.0 Å². The zero-order chi connectivity index (χ0) is 29.9. The zero-order valence-corrected chi connectivity index (χ0v) is 24.9. The lowest BCUT2D eigenvalue weighted by Crippen LogP contribution is -2.52. The Kier molecular flexibility index (Phi) is 7.37. The molecule has 0 amide bonds. The maximum atomic E-state index is 10.9. The van der Waals surface area contributed by atoms with E-state index in [2.05, 4.69) is 70.5 Å². The van der Waals surface area contributed by atoms with Gasteiger partial charge in [-0.25, -0.2) is 19.9 Å². The quantitative estimate of drug-likeness (QED) is 0.209. The van der Waals surface area contributed by atoms with E-state index in [1.165, 1.54) is 12.7 Å². The van der Waals surface area contributed by atoms with Gasteiger partial charge in [-0.2, -0.15) is 0 Å². The van der Waals surface area contributed by atoms with E-state index < -0.39 is 24.5 Å². The number of nitrogens with zero attached hydrogens (tertiary/aromatic N) is 6. The summed E-state index contributed by atoms with van der Waals surface area (Å²) >= 11 is 0. The lowest BCUT2D eigenvalue weighted by molar-refractivity contribution is -0.0620. The number of H-pyrrole nitrogens is 1. The number of ether oxygens (including phenoxy) is 1. The molecule has 3 aromatic heterocycles. The summed E-state index contributed by atoms with van der Waals surface area (Å²) in [5, 5.41) is 32.4. The van der Waals surface area contributed by atoms with Crippen LogP contribution in [0, 0.1) is 5.92 Å². The van der Waals surface area contributed by atoms with Gasteiger partial charge in [0.2, 0.25) is 0 Å². The summed E-state index contributed by atoms with van der Waals surface area (Å²) in [6.45, 7) is 11.2. The van der Waals surface area contributed by atoms with E-state index in [0.717, 1.165) is 42.6 Å². The number of aromatic nitrogens is 6. The summed E-state index contributed by atoms with van der Waals surface area (Å²) in [5.74, 6) is 1.94. The van der Waals surface area contributed by atoms with Crippen LogP contribution in [0.1, 0.15) is 71.5 Å². The number of nitrogens with two attached hydrogens (primary N) is 1. The highest BCUT2D eigenvalue weighted by Crippen LogP contribution is 2.39. The smallest absolute Gasteiger partial charge is 0.167 e. The van der Waals surface area contributed by atoms with Crippen molar-refractivity contribution < 1.29 is 20.1 Å². The number of hydrogen-bond acceptors (Lipinski definition) is 10. The monoisotopic (exact) mass is 578 g/mol. The Labute approximate surface area is 245 Å². The van der Waals surface area contributed by atoms with Gasteiger partial charge in [0, 0.05) is 25.0 Å². The summed E-state index contributed by atoms with van der Waals surface area (Å²) in [4.78, 5) is 23.0. The number of aromatic amines is 1. The van der Waals surface area contributed by atoms with Crippen LogP contribution in [0.2, 0.25) is 0 Å². The van der Waals surface area contributed by atoms with Gasteiger partial charge in [0.25, 0.3) is 0 Å². The minimum absolute atomic E-state index is 0.0594. The van der Waals surface area contributed by atoms with Gasteiger partial charge < -0.3 is 30.8 Å². The van der Waals surface area contributed by atoms with E-state index in [4.69, 9.17) is 10.5 Å². The van der Waals surface area contributed by atoms with Gasteiger partial charge in [0.05, 0.1) is 11.8 Å². The van der Waals surface area contributed by atoms with Crippen LogP contribution >= 0.6 is 0 Å². The number of aliphatic hydroxyl groups is 2. The van der Waals surface area contributed by atoms with Crippen molar-refractivity contribution in [2.45, 2.75) is 102 Å². The molecule has 0 spiro atoms. The second-order valence-corrected chi connectivity index (χ2v) is 13.3. The van der Waals surface area contributed by atoms with E-state index >= 15 is 0 Å². The van der Waals surface area contributed by atoms with Gasteiger partial charge in [-0.15, -0.1) is 0 Å². The number of nitrogen functional groups attached to an aromatic ring is 1. The van der Waals surface area contributed by atoms with Crippen LogP contribution in [0.3, 0.4) is 0 Å². The lowest BCUT2D eigenvalue weighted by atomic mass is 9.76. The third kappa shape index (κ3) is 5.21. The minimum Gasteiger partial charge on any atom is -0.506 e. The van der Waals surface area contributed by atoms with Crippen LogP contribution in [-0.4, -0.2) is 86.6 Å². The van der Waals surface area contributed by atoms with Crippen molar-refractivity contribution in [3.8, 4) is 5.75 Å². The van der Waals surface area contributed by atoms with Gasteiger partial charge >= 0.3 is 0 Å². The molecule has 4 atom stereocenters. The van der Waals surface area contributed by atoms with Crippen LogP contribution in [-0.2, 0) is 16.6 Å². The van der Waals surface area contributed by atoms with Gasteiger partial charge in [0.15, 0.2) is 17.7 Å². The number of nitrogens with one attached hydrogen (secondary N) is 1. The van der Waals surface area contributed by atoms with Crippen LogP contribution in [0.4, 0.5) is 5.82 Å². The maximum absolute atomic E-state index is 10.9. The van der Waals surface area contributed by atoms with Gasteiger partial charge in [-0.05, 0) is 62.1 Å². The number of imidazole rings is 2. The summed E-state index contributed by atoms with van der Waals surface area (Å²) < 4.78 is 7.84. The van der Waals surface area contributed by atoms with E-state index in [0.29, 0.717) is 35.2 Å². The number of aliphatic hydroxyl groups excluding tert-OH is 2. The highest BCUT2D eigenvalue weighted by molar-refractivity contribution is 5.83. The van der Waals surface area contributed by atoms with Crippen molar-refractivity contribution >= 4 is 28.0 Å². The van der Waals surface area contributed by atoms with Crippen molar-refractivity contribution in [2.75, 3.05) is 12.3 Å². The normalized spacial score (nSPS) is 26.6. The summed E-state index contributed by atoms with van der Waals surface area (Å²) in [7, 11) is 0. The first-order valence-corrected chi connectivity index (χ1v) is 14.8. The number of phenolic OH excluding ortho intramolecular Hbond substituents is 1. The number of hydrogen-bond donors (Lipinski definition) is 5. The number of aryl methyl sites for hydroxylation is 1. The Balaban J connectivity index is 1.06. The molecule has 6 N–H and O–H groups in total. The van der Waals surface area contributed by atoms with E-state index in [1.54, 1.807) is 4.57 Å². The first-order chi connectivity index (χ1) is 19.9. The largest absolute Gasteiger partial charge is 0.506 e. The zero-order valence-electron chi connectivity index (χ0n) is 24.9. The first kappa shape index (κ1) is 28.8. The van der Waals surface area contributed by atoms with E-state index in [9.17, 15) is 15.3 Å². The number of rotatable bonds is 8. The van der Waals surface area contributed by atoms with Crippen molar-refractivity contribution in [2.24, 2.45) is 5.92 Å². The third-order valence-corrected chi connectivity index (χ3v) is 9.00. The molecule has 4 heterocycles. The highest BCUT2D eigenvalue weighted by Gasteiger charge is 2.46. The van der Waals surface area contributed by atoms with Crippen molar-refractivity contribution in [1.82, 2.24) is 34.4 Å². The first-order valence-electron chi connectivity index (χ1n) is 14.8. The molecule has 0 bridgehead atoms. The number of phenols is 1. The predicted molar refractivity (Wildman–Crippen MR) is 159 cm³/mol. The Morgan fingerprint density at radius 2 is 1.88 bits per heavy atom. The molecule has 12 heteroatoms. The van der Waals surface area contributed by atoms with Gasteiger partial charge in [0.1, 0.15) is 47.2 Å². The average molecular weight is 579 g/mol. The lowest BCUT2D eigenvalue weighted by Gasteiger charge is -2.46. The molecule has 2 aliphatic rings. The molecule has 2 fully saturated rings. The molecule has 1 aliphatic heterocycles. The fraction of sp³-hybridized carbons (Fsp3) is 0.600. The van der Waals surface area contributed by atoms with Crippen LogP contribution < -0.4 is 5.73 Å². The van der Waals surface area contributed by atoms with Gasteiger partial charge in [-0.3, -0.25) is 9.47 Å². The standard InChI is InChI=1S/C30H42N8O4/c1-15(2)37(12-21-25(40)26(41)29(42-21)38-14-34-24-27(31)32-13-33-28(24)38)18-8-16(9-18)6-7-22-35-19-10-17(30(3,4)5)11-20(39)23(19)36-22/h10-11,13-16,18,21,25-26,29,39-41H,6-9,12H2,1-5H3,(H,35,36)(H2,31,32,33). The summed E-state index contributed by atoms with van der Waals surface area (Å²) in [6, 6.07) is 4.53. The van der Waals surface area contributed by atoms with Crippen LogP contribution in [0.25, 0.3) is 22.2 Å². The van der Waals surface area contributed by atoms with Crippen molar-refractivity contribution in [1.29, 1.82) is 0 Å². The molecule has 1 saturated heterocycles. The molecule has 1 aromatic carbocycles. The Morgan fingerprint density at radius 1 is 1.12 bits per heavy atom. The molecule has 4 aromatic rings. The highest BCUT2D eigenvalue weighted by atomic mass is 16.6. The molecule has 42 heavy (non-hydrogen) atoms. The molecule has 1 aliphatic carbocycles. The second kappa shape index (κ2) is 10.7. The van der Waals surface area contributed by atoms with Crippen LogP contribution in [0.15, 0.2) is 24.8 Å². The fourth-order valence-corrected chi connectivity index (χ4v) is 6.40. The third-order valence-electron chi connectivity index (χ3n) is 9.00. The SMILES string of the molecule is CC(C)N(CC1OC(n2cnc3c(N)ncnc32)C(O)C1O)C1CC(CCc2nc3c(O)cc(C(C)(C)C)cc3[nH]2)C1. The molecule has 6 rings (SSSR count). The van der Waals surface area contributed by atoms with Gasteiger partial charge in [-0.1, -0.05) is 20.8 Å². The summed E-state index contributed by atoms with van der Waals surface area (Å²) in [5.41, 5.74) is 9.33. The Bertz CT molecular complexity index is 1570. The molecule has 4 unspecified atom stereocenters. The Morgan fingerprint density at radius 3 is 2.60 bits per heavy atom. The molecular weight excluding hydrogens is 536 g/mol.